The van der Waals surface area contributed by atoms with E-state index in [1.165, 1.54) is 0 Å². The number of likely N-dealkylation sites (tertiary alicyclic amines) is 1. The van der Waals surface area contributed by atoms with Crippen LogP contribution in [0, 0.1) is 11.8 Å². The van der Waals surface area contributed by atoms with Crippen LogP contribution in [0.5, 0.6) is 5.75 Å². The maximum Gasteiger partial charge on any atom is 0.251 e. The number of aliphatic hydroxyl groups excluding tert-OH is 1. The monoisotopic (exact) mass is 701 g/mol. The summed E-state index contributed by atoms with van der Waals surface area (Å²) in [6.45, 7) is 10.5. The van der Waals surface area contributed by atoms with E-state index in [9.17, 15) is 9.90 Å². The van der Waals surface area contributed by atoms with Crippen LogP contribution in [-0.2, 0) is 14.4 Å². The van der Waals surface area contributed by atoms with E-state index >= 15 is 9.59 Å². The lowest BCUT2D eigenvalue weighted by Gasteiger charge is -2.40. The first kappa shape index (κ1) is 34.6. The van der Waals surface area contributed by atoms with Gasteiger partial charge in [-0.1, -0.05) is 72.8 Å². The third kappa shape index (κ3) is 5.92. The zero-order chi connectivity index (χ0) is 35.7. The van der Waals surface area contributed by atoms with Gasteiger partial charge in [0, 0.05) is 29.7 Å². The molecule has 0 aliphatic carbocycles. The maximum absolute atomic E-state index is 15.3. The molecule has 2 bridgehead atoms. The molecule has 4 aromatic rings. The molecule has 3 amide bonds. The molecular formula is C42H43N3O5S. The average molecular weight is 702 g/mol. The summed E-state index contributed by atoms with van der Waals surface area (Å²) >= 11 is 1.62. The molecule has 7 rings (SSSR count). The highest BCUT2D eigenvalue weighted by Gasteiger charge is 2.75. The molecule has 9 heteroatoms. The molecule has 8 nitrogen and oxygen atoms in total. The average Bonchev–Trinajstić information content (AvgIpc) is 3.81. The fraction of sp³-hybridized carbons (Fsp3) is 0.310. The quantitative estimate of drug-likeness (QED) is 0.154. The van der Waals surface area contributed by atoms with Gasteiger partial charge in [-0.3, -0.25) is 14.4 Å². The van der Waals surface area contributed by atoms with E-state index in [2.05, 4.69) is 13.2 Å². The number of thioether (sulfide) groups is 1. The van der Waals surface area contributed by atoms with E-state index in [-0.39, 0.29) is 42.7 Å². The molecular weight excluding hydrogens is 659 g/mol. The minimum atomic E-state index is -0.926. The molecule has 51 heavy (non-hydrogen) atoms. The molecule has 3 aliphatic rings. The summed E-state index contributed by atoms with van der Waals surface area (Å²) in [5.41, 5.74) is 2.11. The van der Waals surface area contributed by atoms with E-state index in [1.54, 1.807) is 38.6 Å². The summed E-state index contributed by atoms with van der Waals surface area (Å²) in [4.78, 5) is 50.2. The van der Waals surface area contributed by atoms with E-state index in [0.29, 0.717) is 36.6 Å². The van der Waals surface area contributed by atoms with Gasteiger partial charge in [-0.2, -0.15) is 0 Å². The van der Waals surface area contributed by atoms with E-state index in [1.807, 2.05) is 104 Å². The SMILES string of the molecule is C=CCN(C(=O)C1N([C@H](CO)c2ccccc2)C(=O)[C@@H]2[C@H](C(=O)N(CC=C)c3ccc(OCC)cc3)[C@@H]3CCC12S3)c1ccc2ccccc2c1. The third-order valence-corrected chi connectivity index (χ3v) is 12.6. The van der Waals surface area contributed by atoms with Gasteiger partial charge in [0.2, 0.25) is 11.8 Å². The van der Waals surface area contributed by atoms with Gasteiger partial charge in [0.05, 0.1) is 35.8 Å². The Balaban J connectivity index is 1.32. The van der Waals surface area contributed by atoms with Crippen molar-refractivity contribution >= 4 is 51.6 Å². The summed E-state index contributed by atoms with van der Waals surface area (Å²) in [6.07, 6.45) is 4.68. The molecule has 6 atom stereocenters. The molecule has 3 saturated heterocycles. The van der Waals surface area contributed by atoms with Crippen LogP contribution < -0.4 is 14.5 Å². The van der Waals surface area contributed by atoms with E-state index < -0.39 is 28.7 Å². The zero-order valence-electron chi connectivity index (χ0n) is 28.8. The second kappa shape index (κ2) is 14.4. The molecule has 0 aromatic heterocycles. The van der Waals surface area contributed by atoms with Crippen molar-refractivity contribution in [1.29, 1.82) is 0 Å². The van der Waals surface area contributed by atoms with Gasteiger partial charge in [0.1, 0.15) is 11.8 Å². The predicted octanol–water partition coefficient (Wildman–Crippen LogP) is 6.80. The minimum Gasteiger partial charge on any atom is -0.494 e. The Morgan fingerprint density at radius 2 is 1.57 bits per heavy atom. The first-order chi connectivity index (χ1) is 24.9. The standard InChI is InChI=1S/C42H43N3O5S/c1-4-24-43(31-18-20-33(21-19-31)50-6-3)39(47)36-35-22-23-42(51-35)37(36)40(48)45(34(27-46)29-13-8-7-9-14-29)38(42)41(49)44(25-5-2)32-17-16-28-12-10-11-15-30(28)26-32/h4-5,7-21,26,34-38,46H,1-2,6,22-25,27H2,3H3/t34-,35+,36-,37+,38?,42?/m1/s1. The van der Waals surface area contributed by atoms with Gasteiger partial charge in [-0.15, -0.1) is 24.9 Å². The minimum absolute atomic E-state index is 0.142. The second-order valence-corrected chi connectivity index (χ2v) is 14.9. The number of nitrogens with zero attached hydrogens (tertiary/aromatic N) is 3. The summed E-state index contributed by atoms with van der Waals surface area (Å²) in [5.74, 6) is -1.39. The van der Waals surface area contributed by atoms with Gasteiger partial charge in [0.25, 0.3) is 5.91 Å². The number of amides is 3. The van der Waals surface area contributed by atoms with Gasteiger partial charge in [-0.05, 0) is 72.5 Å². The summed E-state index contributed by atoms with van der Waals surface area (Å²) < 4.78 is 4.77. The van der Waals surface area contributed by atoms with Crippen LogP contribution in [0.1, 0.15) is 31.4 Å². The fourth-order valence-electron chi connectivity index (χ4n) is 8.48. The van der Waals surface area contributed by atoms with E-state index in [4.69, 9.17) is 4.74 Å². The van der Waals surface area contributed by atoms with Crippen molar-refractivity contribution in [2.75, 3.05) is 36.1 Å². The lowest BCUT2D eigenvalue weighted by molar-refractivity contribution is -0.142. The highest BCUT2D eigenvalue weighted by molar-refractivity contribution is 8.02. The summed E-state index contributed by atoms with van der Waals surface area (Å²) in [5, 5.41) is 12.9. The van der Waals surface area contributed by atoms with Crippen LogP contribution in [0.25, 0.3) is 10.8 Å². The van der Waals surface area contributed by atoms with Gasteiger partial charge in [-0.25, -0.2) is 0 Å². The van der Waals surface area contributed by atoms with Crippen molar-refractivity contribution in [2.24, 2.45) is 11.8 Å². The molecule has 2 unspecified atom stereocenters. The number of ether oxygens (including phenoxy) is 1. The Hall–Kier alpha value is -4.86. The van der Waals surface area contributed by atoms with Crippen LogP contribution in [0.3, 0.4) is 0 Å². The number of rotatable bonds is 13. The number of carbonyl (C=O) groups excluding carboxylic acids is 3. The van der Waals surface area contributed by atoms with Crippen molar-refractivity contribution in [2.45, 2.75) is 41.8 Å². The number of hydrogen-bond donors (Lipinski definition) is 1. The van der Waals surface area contributed by atoms with Crippen LogP contribution in [0.4, 0.5) is 11.4 Å². The molecule has 1 N–H and O–H groups in total. The number of anilines is 2. The Labute approximate surface area is 303 Å². The largest absolute Gasteiger partial charge is 0.494 e. The number of benzene rings is 4. The molecule has 0 saturated carbocycles. The van der Waals surface area contributed by atoms with E-state index in [0.717, 1.165) is 16.3 Å². The van der Waals surface area contributed by atoms with Gasteiger partial charge in [0.15, 0.2) is 0 Å². The summed E-state index contributed by atoms with van der Waals surface area (Å²) in [7, 11) is 0. The highest BCUT2D eigenvalue weighted by Crippen LogP contribution is 2.67. The van der Waals surface area contributed by atoms with Crippen molar-refractivity contribution in [1.82, 2.24) is 4.90 Å². The zero-order valence-corrected chi connectivity index (χ0v) is 29.6. The number of hydrogen-bond acceptors (Lipinski definition) is 6. The molecule has 0 radical (unpaired) electrons. The Kier molecular flexibility index (Phi) is 9.77. The molecule has 3 fully saturated rings. The lowest BCUT2D eigenvalue weighted by atomic mass is 9.70. The first-order valence-corrected chi connectivity index (χ1v) is 18.5. The Bertz CT molecular complexity index is 1950. The molecule has 3 aliphatic heterocycles. The number of carbonyl (C=O) groups is 3. The topological polar surface area (TPSA) is 90.4 Å². The number of fused-ring (bicyclic) bond motifs is 2. The molecule has 4 aromatic carbocycles. The smallest absolute Gasteiger partial charge is 0.251 e. The molecule has 1 spiro atoms. The van der Waals surface area contributed by atoms with Crippen LogP contribution in [-0.4, -0.2) is 70.1 Å². The van der Waals surface area contributed by atoms with Crippen LogP contribution in [0.2, 0.25) is 0 Å². The maximum atomic E-state index is 15.3. The Morgan fingerprint density at radius 1 is 0.922 bits per heavy atom. The van der Waals surface area contributed by atoms with Gasteiger partial charge < -0.3 is 24.5 Å². The van der Waals surface area contributed by atoms with Crippen LogP contribution in [0.15, 0.2) is 122 Å². The summed E-state index contributed by atoms with van der Waals surface area (Å²) in [6, 6.07) is 28.9. The van der Waals surface area contributed by atoms with Crippen molar-refractivity contribution in [3.8, 4) is 5.75 Å². The van der Waals surface area contributed by atoms with Crippen molar-refractivity contribution < 1.29 is 24.2 Å². The fourth-order valence-corrected chi connectivity index (χ4v) is 10.7. The molecule has 3 heterocycles. The highest BCUT2D eigenvalue weighted by atomic mass is 32.2. The third-order valence-electron chi connectivity index (χ3n) is 10.6. The molecule has 262 valence electrons. The second-order valence-electron chi connectivity index (χ2n) is 13.3. The Morgan fingerprint density at radius 3 is 2.24 bits per heavy atom. The predicted molar refractivity (Wildman–Crippen MR) is 204 cm³/mol. The normalized spacial score (nSPS) is 23.9. The van der Waals surface area contributed by atoms with Crippen LogP contribution >= 0.6 is 11.8 Å². The van der Waals surface area contributed by atoms with Crippen molar-refractivity contribution in [3.05, 3.63) is 128 Å². The first-order valence-electron chi connectivity index (χ1n) is 17.6. The van der Waals surface area contributed by atoms with Gasteiger partial charge >= 0.3 is 0 Å². The lowest BCUT2D eigenvalue weighted by Crippen LogP contribution is -2.56. The van der Waals surface area contributed by atoms with Crippen molar-refractivity contribution in [3.63, 3.8) is 0 Å². The number of aliphatic hydroxyl groups is 1.